The predicted molar refractivity (Wildman–Crippen MR) is 50.9 cm³/mol. The van der Waals surface area contributed by atoms with Gasteiger partial charge in [-0.15, -0.1) is 0 Å². The topological polar surface area (TPSA) is 26.0 Å². The summed E-state index contributed by atoms with van der Waals surface area (Å²) in [5, 5.41) is 0. The number of rotatable bonds is 0. The van der Waals surface area contributed by atoms with Crippen molar-refractivity contribution < 1.29 is 0 Å². The van der Waals surface area contributed by atoms with Crippen molar-refractivity contribution >= 4 is 0 Å². The average Bonchev–Trinajstić information content (AvgIpc) is 2.12. The van der Waals surface area contributed by atoms with Gasteiger partial charge in [0.1, 0.15) is 0 Å². The van der Waals surface area contributed by atoms with Crippen molar-refractivity contribution in [1.29, 1.82) is 0 Å². The second kappa shape index (κ2) is 2.91. The van der Waals surface area contributed by atoms with E-state index in [0.717, 1.165) is 0 Å². The molecule has 1 nitrogen and oxygen atoms in total. The lowest BCUT2D eigenvalue weighted by molar-refractivity contribution is 0.412. The van der Waals surface area contributed by atoms with Crippen LogP contribution < -0.4 is 5.73 Å². The first-order valence-electron chi connectivity index (χ1n) is 4.62. The highest BCUT2D eigenvalue weighted by atomic mass is 14.7. The van der Waals surface area contributed by atoms with Gasteiger partial charge in [0.05, 0.1) is 0 Å². The second-order valence-corrected chi connectivity index (χ2v) is 3.74. The summed E-state index contributed by atoms with van der Waals surface area (Å²) in [6.45, 7) is 2.24. The van der Waals surface area contributed by atoms with Crippen LogP contribution in [0.1, 0.15) is 30.5 Å². The minimum atomic E-state index is 0.259. The number of nitrogens with two attached hydrogens (primary N) is 1. The van der Waals surface area contributed by atoms with Crippen LogP contribution in [0, 0.1) is 5.92 Å². The molecule has 1 aliphatic carbocycles. The third-order valence-electron chi connectivity index (χ3n) is 2.90. The van der Waals surface area contributed by atoms with Crippen molar-refractivity contribution in [2.75, 3.05) is 0 Å². The third kappa shape index (κ3) is 1.14. The fourth-order valence-electron chi connectivity index (χ4n) is 1.96. The molecule has 0 saturated carbocycles. The van der Waals surface area contributed by atoms with Gasteiger partial charge in [-0.25, -0.2) is 0 Å². The van der Waals surface area contributed by atoms with Crippen LogP contribution in [-0.2, 0) is 6.42 Å². The molecule has 12 heavy (non-hydrogen) atoms. The van der Waals surface area contributed by atoms with Gasteiger partial charge in [0, 0.05) is 6.04 Å². The van der Waals surface area contributed by atoms with Gasteiger partial charge in [-0.2, -0.15) is 0 Å². The fraction of sp³-hybridized carbons (Fsp3) is 0.455. The molecule has 0 radical (unpaired) electrons. The highest BCUT2D eigenvalue weighted by molar-refractivity contribution is 5.32. The van der Waals surface area contributed by atoms with Crippen LogP contribution in [0.4, 0.5) is 0 Å². The number of aryl methyl sites for hydroxylation is 1. The van der Waals surface area contributed by atoms with Crippen molar-refractivity contribution in [3.05, 3.63) is 35.4 Å². The van der Waals surface area contributed by atoms with Gasteiger partial charge in [0.15, 0.2) is 0 Å². The molecule has 0 aliphatic heterocycles. The van der Waals surface area contributed by atoms with Crippen LogP contribution in [0.5, 0.6) is 0 Å². The Morgan fingerprint density at radius 1 is 1.33 bits per heavy atom. The first-order valence-corrected chi connectivity index (χ1v) is 4.62. The monoisotopic (exact) mass is 161 g/mol. The molecular weight excluding hydrogens is 146 g/mol. The average molecular weight is 161 g/mol. The maximum absolute atomic E-state index is 6.09. The van der Waals surface area contributed by atoms with E-state index in [9.17, 15) is 0 Å². The first kappa shape index (κ1) is 7.81. The molecule has 0 unspecified atom stereocenters. The summed E-state index contributed by atoms with van der Waals surface area (Å²) in [4.78, 5) is 0. The smallest absolute Gasteiger partial charge is 0.0323 e. The summed E-state index contributed by atoms with van der Waals surface area (Å²) in [7, 11) is 0. The quantitative estimate of drug-likeness (QED) is 0.620. The molecule has 2 rings (SSSR count). The fourth-order valence-corrected chi connectivity index (χ4v) is 1.96. The SMILES string of the molecule is C[C@@H]1CCc2ccccc2[C@H]1N. The van der Waals surface area contributed by atoms with Crippen molar-refractivity contribution in [3.8, 4) is 0 Å². The molecule has 0 bridgehead atoms. The van der Waals surface area contributed by atoms with Crippen LogP contribution >= 0.6 is 0 Å². The molecule has 0 heterocycles. The molecule has 1 aromatic carbocycles. The van der Waals surface area contributed by atoms with Crippen LogP contribution in [0.15, 0.2) is 24.3 Å². The van der Waals surface area contributed by atoms with Crippen LogP contribution in [0.2, 0.25) is 0 Å². The molecule has 64 valence electrons. The molecule has 1 aliphatic rings. The summed E-state index contributed by atoms with van der Waals surface area (Å²) in [6, 6.07) is 8.80. The number of hydrogen-bond acceptors (Lipinski definition) is 1. The number of benzene rings is 1. The highest BCUT2D eigenvalue weighted by Gasteiger charge is 2.22. The summed E-state index contributed by atoms with van der Waals surface area (Å²) >= 11 is 0. The Bertz CT molecular complexity index is 280. The van der Waals surface area contributed by atoms with E-state index in [1.165, 1.54) is 24.0 Å². The van der Waals surface area contributed by atoms with Gasteiger partial charge >= 0.3 is 0 Å². The molecule has 0 amide bonds. The highest BCUT2D eigenvalue weighted by Crippen LogP contribution is 2.31. The summed E-state index contributed by atoms with van der Waals surface area (Å²) in [5.41, 5.74) is 8.89. The van der Waals surface area contributed by atoms with Crippen molar-refractivity contribution in [3.63, 3.8) is 0 Å². The Morgan fingerprint density at radius 2 is 2.08 bits per heavy atom. The van der Waals surface area contributed by atoms with Gasteiger partial charge in [-0.3, -0.25) is 0 Å². The van der Waals surface area contributed by atoms with Crippen LogP contribution in [0.3, 0.4) is 0 Å². The van der Waals surface area contributed by atoms with E-state index in [-0.39, 0.29) is 6.04 Å². The summed E-state index contributed by atoms with van der Waals surface area (Å²) < 4.78 is 0. The minimum absolute atomic E-state index is 0.259. The molecule has 2 atom stereocenters. The van der Waals surface area contributed by atoms with E-state index >= 15 is 0 Å². The largest absolute Gasteiger partial charge is 0.324 e. The lowest BCUT2D eigenvalue weighted by atomic mass is 9.81. The molecule has 1 aromatic rings. The molecule has 0 spiro atoms. The Labute approximate surface area is 73.6 Å². The Kier molecular flexibility index (Phi) is 1.89. The predicted octanol–water partition coefficient (Wildman–Crippen LogP) is 2.27. The van der Waals surface area contributed by atoms with Crippen molar-refractivity contribution in [2.45, 2.75) is 25.8 Å². The zero-order valence-electron chi connectivity index (χ0n) is 7.46. The lowest BCUT2D eigenvalue weighted by Crippen LogP contribution is -2.25. The number of fused-ring (bicyclic) bond motifs is 1. The first-order chi connectivity index (χ1) is 5.79. The molecule has 0 fully saturated rings. The van der Waals surface area contributed by atoms with E-state index in [1.54, 1.807) is 0 Å². The van der Waals surface area contributed by atoms with E-state index in [0.29, 0.717) is 5.92 Å². The van der Waals surface area contributed by atoms with E-state index in [4.69, 9.17) is 5.73 Å². The molecule has 1 heteroatoms. The Balaban J connectivity index is 2.42. The maximum Gasteiger partial charge on any atom is 0.0323 e. The maximum atomic E-state index is 6.09. The van der Waals surface area contributed by atoms with Gasteiger partial charge < -0.3 is 5.73 Å². The normalized spacial score (nSPS) is 28.2. The van der Waals surface area contributed by atoms with E-state index in [2.05, 4.69) is 31.2 Å². The molecule has 0 aromatic heterocycles. The number of hydrogen-bond donors (Lipinski definition) is 1. The minimum Gasteiger partial charge on any atom is -0.324 e. The van der Waals surface area contributed by atoms with E-state index in [1.807, 2.05) is 0 Å². The van der Waals surface area contributed by atoms with Gasteiger partial charge in [0.2, 0.25) is 0 Å². The molecule has 2 N–H and O–H groups in total. The van der Waals surface area contributed by atoms with Gasteiger partial charge in [-0.05, 0) is 29.9 Å². The van der Waals surface area contributed by atoms with Gasteiger partial charge in [-0.1, -0.05) is 31.2 Å². The van der Waals surface area contributed by atoms with Gasteiger partial charge in [0.25, 0.3) is 0 Å². The summed E-state index contributed by atoms with van der Waals surface area (Å²) in [5.74, 6) is 0.639. The Hall–Kier alpha value is -0.820. The standard InChI is InChI=1S/C11H15N/c1-8-6-7-9-4-2-3-5-10(9)11(8)12/h2-5,8,11H,6-7,12H2,1H3/t8-,11+/m1/s1. The molecule has 0 saturated heterocycles. The van der Waals surface area contributed by atoms with Crippen LogP contribution in [0.25, 0.3) is 0 Å². The second-order valence-electron chi connectivity index (χ2n) is 3.74. The summed E-state index contributed by atoms with van der Waals surface area (Å²) in [6.07, 6.45) is 2.43. The third-order valence-corrected chi connectivity index (χ3v) is 2.90. The zero-order chi connectivity index (χ0) is 8.55. The lowest BCUT2D eigenvalue weighted by Gasteiger charge is -2.28. The van der Waals surface area contributed by atoms with E-state index < -0.39 is 0 Å². The van der Waals surface area contributed by atoms with Crippen LogP contribution in [-0.4, -0.2) is 0 Å². The van der Waals surface area contributed by atoms with Crippen molar-refractivity contribution in [2.24, 2.45) is 11.7 Å². The zero-order valence-corrected chi connectivity index (χ0v) is 7.46. The Morgan fingerprint density at radius 3 is 2.92 bits per heavy atom. The molecular formula is C11H15N. The van der Waals surface area contributed by atoms with Crippen molar-refractivity contribution in [1.82, 2.24) is 0 Å².